The zero-order valence-corrected chi connectivity index (χ0v) is 21.0. The number of halogens is 1. The number of benzene rings is 1. The first kappa shape index (κ1) is 24.2. The molecule has 0 heterocycles. The van der Waals surface area contributed by atoms with Gasteiger partial charge in [0.05, 0.1) is 6.61 Å². The van der Waals surface area contributed by atoms with Crippen molar-refractivity contribution in [2.24, 2.45) is 0 Å². The van der Waals surface area contributed by atoms with E-state index in [-0.39, 0.29) is 11.1 Å². The standard InChI is InChI=1S/C21H36BrNO3Si/c1-16-14-17(10-11-18(16)22)15-23(19(24)26-20(2,3)4)12-13-25-27(8,9)21(5,6)7/h10-11,14H,12-13,15H2,1-9H3. The van der Waals surface area contributed by atoms with Gasteiger partial charge >= 0.3 is 6.09 Å². The van der Waals surface area contributed by atoms with E-state index < -0.39 is 13.9 Å². The predicted molar refractivity (Wildman–Crippen MR) is 119 cm³/mol. The molecule has 0 aliphatic carbocycles. The van der Waals surface area contributed by atoms with Crippen molar-refractivity contribution in [3.05, 3.63) is 33.8 Å². The smallest absolute Gasteiger partial charge is 0.410 e. The maximum atomic E-state index is 12.7. The highest BCUT2D eigenvalue weighted by Gasteiger charge is 2.37. The molecule has 0 saturated carbocycles. The normalized spacial score (nSPS) is 12.8. The molecule has 0 N–H and O–H groups in total. The minimum atomic E-state index is -1.85. The Kier molecular flexibility index (Phi) is 8.15. The lowest BCUT2D eigenvalue weighted by Gasteiger charge is -2.37. The van der Waals surface area contributed by atoms with Crippen molar-refractivity contribution in [2.45, 2.75) is 78.7 Å². The van der Waals surface area contributed by atoms with Crippen molar-refractivity contribution in [2.75, 3.05) is 13.2 Å². The highest BCUT2D eigenvalue weighted by molar-refractivity contribution is 9.10. The Morgan fingerprint density at radius 1 is 1.15 bits per heavy atom. The van der Waals surface area contributed by atoms with E-state index in [0.29, 0.717) is 19.7 Å². The molecule has 0 bridgehead atoms. The fourth-order valence-electron chi connectivity index (χ4n) is 2.21. The van der Waals surface area contributed by atoms with E-state index in [1.54, 1.807) is 4.90 Å². The van der Waals surface area contributed by atoms with Crippen molar-refractivity contribution >= 4 is 30.3 Å². The third kappa shape index (κ3) is 7.96. The lowest BCUT2D eigenvalue weighted by Crippen LogP contribution is -2.44. The highest BCUT2D eigenvalue weighted by Crippen LogP contribution is 2.36. The monoisotopic (exact) mass is 457 g/mol. The maximum Gasteiger partial charge on any atom is 0.410 e. The fraction of sp³-hybridized carbons (Fsp3) is 0.667. The van der Waals surface area contributed by atoms with E-state index in [0.717, 1.165) is 15.6 Å². The van der Waals surface area contributed by atoms with Crippen LogP contribution in [0.1, 0.15) is 52.7 Å². The molecule has 4 nitrogen and oxygen atoms in total. The number of carbonyl (C=O) groups excluding carboxylic acids is 1. The van der Waals surface area contributed by atoms with Crippen LogP contribution in [-0.2, 0) is 15.7 Å². The van der Waals surface area contributed by atoms with Crippen LogP contribution in [0.25, 0.3) is 0 Å². The molecule has 0 radical (unpaired) electrons. The van der Waals surface area contributed by atoms with Gasteiger partial charge in [-0.3, -0.25) is 0 Å². The van der Waals surface area contributed by atoms with Gasteiger partial charge in [-0.2, -0.15) is 0 Å². The summed E-state index contributed by atoms with van der Waals surface area (Å²) < 4.78 is 12.9. The van der Waals surface area contributed by atoms with Crippen LogP contribution in [0.4, 0.5) is 4.79 Å². The zero-order valence-electron chi connectivity index (χ0n) is 18.4. The Labute approximate surface area is 174 Å². The number of aryl methyl sites for hydroxylation is 1. The topological polar surface area (TPSA) is 38.8 Å². The van der Waals surface area contributed by atoms with E-state index in [1.807, 2.05) is 39.8 Å². The lowest BCUT2D eigenvalue weighted by molar-refractivity contribution is 0.0205. The third-order valence-corrected chi connectivity index (χ3v) is 10.3. The van der Waals surface area contributed by atoms with Gasteiger partial charge in [0.15, 0.2) is 8.32 Å². The summed E-state index contributed by atoms with van der Waals surface area (Å²) in [6.45, 7) is 20.3. The van der Waals surface area contributed by atoms with Crippen molar-refractivity contribution in [3.8, 4) is 0 Å². The van der Waals surface area contributed by atoms with E-state index in [1.165, 1.54) is 0 Å². The van der Waals surface area contributed by atoms with Crippen molar-refractivity contribution in [3.63, 3.8) is 0 Å². The number of carbonyl (C=O) groups is 1. The van der Waals surface area contributed by atoms with E-state index in [9.17, 15) is 4.79 Å². The summed E-state index contributed by atoms with van der Waals surface area (Å²) in [6.07, 6.45) is -0.304. The van der Waals surface area contributed by atoms with Crippen LogP contribution in [-0.4, -0.2) is 38.1 Å². The summed E-state index contributed by atoms with van der Waals surface area (Å²) in [5.74, 6) is 0. The predicted octanol–water partition coefficient (Wildman–Crippen LogP) is 6.52. The van der Waals surface area contributed by atoms with Gasteiger partial charge in [-0.25, -0.2) is 4.79 Å². The molecule has 1 amide bonds. The highest BCUT2D eigenvalue weighted by atomic mass is 79.9. The second-order valence-electron chi connectivity index (χ2n) is 9.59. The van der Waals surface area contributed by atoms with Crippen LogP contribution in [0.15, 0.2) is 22.7 Å². The Morgan fingerprint density at radius 2 is 1.74 bits per heavy atom. The first-order valence-electron chi connectivity index (χ1n) is 9.49. The van der Waals surface area contributed by atoms with Crippen LogP contribution < -0.4 is 0 Å². The van der Waals surface area contributed by atoms with Crippen LogP contribution in [0, 0.1) is 6.92 Å². The number of amides is 1. The minimum absolute atomic E-state index is 0.145. The molecule has 0 saturated heterocycles. The van der Waals surface area contributed by atoms with Gasteiger partial charge in [0.25, 0.3) is 0 Å². The van der Waals surface area contributed by atoms with Crippen molar-refractivity contribution in [1.82, 2.24) is 4.90 Å². The van der Waals surface area contributed by atoms with Gasteiger partial charge < -0.3 is 14.1 Å². The molecule has 1 rings (SSSR count). The summed E-state index contributed by atoms with van der Waals surface area (Å²) in [4.78, 5) is 14.5. The molecule has 0 fully saturated rings. The molecule has 0 unspecified atom stereocenters. The van der Waals surface area contributed by atoms with E-state index in [2.05, 4.69) is 55.9 Å². The number of hydrogen-bond acceptors (Lipinski definition) is 3. The Balaban J connectivity index is 2.88. The first-order valence-corrected chi connectivity index (χ1v) is 13.2. The Morgan fingerprint density at radius 3 is 2.22 bits per heavy atom. The van der Waals surface area contributed by atoms with Crippen LogP contribution in [0.5, 0.6) is 0 Å². The summed E-state index contributed by atoms with van der Waals surface area (Å²) in [7, 11) is -1.85. The molecule has 0 spiro atoms. The molecule has 0 aliphatic heterocycles. The van der Waals surface area contributed by atoms with E-state index >= 15 is 0 Å². The van der Waals surface area contributed by atoms with Crippen molar-refractivity contribution in [1.29, 1.82) is 0 Å². The van der Waals surface area contributed by atoms with Crippen LogP contribution in [0.2, 0.25) is 18.1 Å². The average Bonchev–Trinajstić information content (AvgIpc) is 2.46. The zero-order chi connectivity index (χ0) is 21.0. The average molecular weight is 459 g/mol. The van der Waals surface area contributed by atoms with Crippen LogP contribution in [0.3, 0.4) is 0 Å². The molecular weight excluding hydrogens is 422 g/mol. The van der Waals surface area contributed by atoms with E-state index in [4.69, 9.17) is 9.16 Å². The fourth-order valence-corrected chi connectivity index (χ4v) is 3.50. The second-order valence-corrected chi connectivity index (χ2v) is 15.3. The summed E-state index contributed by atoms with van der Waals surface area (Å²) in [5.41, 5.74) is 1.70. The Bertz CT molecular complexity index is 648. The molecule has 0 aromatic heterocycles. The first-order chi connectivity index (χ1) is 12.1. The minimum Gasteiger partial charge on any atom is -0.444 e. The van der Waals surface area contributed by atoms with Crippen LogP contribution >= 0.6 is 15.9 Å². The molecule has 0 atom stereocenters. The summed E-state index contributed by atoms with van der Waals surface area (Å²) in [5, 5.41) is 0.145. The summed E-state index contributed by atoms with van der Waals surface area (Å²) >= 11 is 3.53. The van der Waals surface area contributed by atoms with Gasteiger partial charge in [-0.1, -0.05) is 48.8 Å². The molecule has 1 aromatic rings. The largest absolute Gasteiger partial charge is 0.444 e. The second kappa shape index (κ2) is 9.10. The number of hydrogen-bond donors (Lipinski definition) is 0. The van der Waals surface area contributed by atoms with Gasteiger partial charge in [-0.15, -0.1) is 0 Å². The number of rotatable bonds is 6. The molecule has 27 heavy (non-hydrogen) atoms. The quantitative estimate of drug-likeness (QED) is 0.456. The molecule has 6 heteroatoms. The Hall–Kier alpha value is -0.853. The van der Waals surface area contributed by atoms with Gasteiger partial charge in [-0.05, 0) is 63.0 Å². The van der Waals surface area contributed by atoms with Gasteiger partial charge in [0, 0.05) is 17.6 Å². The molecule has 154 valence electrons. The molecular formula is C21H36BrNO3Si. The van der Waals surface area contributed by atoms with Crippen molar-refractivity contribution < 1.29 is 14.0 Å². The molecule has 1 aromatic carbocycles. The lowest BCUT2D eigenvalue weighted by atomic mass is 10.1. The maximum absolute atomic E-state index is 12.7. The summed E-state index contributed by atoms with van der Waals surface area (Å²) in [6, 6.07) is 6.14. The molecule has 0 aliphatic rings. The van der Waals surface area contributed by atoms with Gasteiger partial charge in [0.2, 0.25) is 0 Å². The SMILES string of the molecule is Cc1cc(CN(CCO[Si](C)(C)C(C)(C)C)C(=O)OC(C)(C)C)ccc1Br. The number of ether oxygens (including phenoxy) is 1. The third-order valence-electron chi connectivity index (χ3n) is 4.88. The van der Waals surface area contributed by atoms with Gasteiger partial charge in [0.1, 0.15) is 5.60 Å². The number of nitrogens with zero attached hydrogens (tertiary/aromatic N) is 1.